The molecule has 1 spiro atoms. The Morgan fingerprint density at radius 2 is 1.88 bits per heavy atom. The van der Waals surface area contributed by atoms with Crippen molar-refractivity contribution in [2.24, 2.45) is 0 Å². The highest BCUT2D eigenvalue weighted by molar-refractivity contribution is 5.75. The molecular weight excluding hydrogens is 304 g/mol. The predicted octanol–water partition coefficient (Wildman–Crippen LogP) is 1.87. The fraction of sp³-hybridized carbons (Fsp3) is 0.632. The van der Waals surface area contributed by atoms with Crippen LogP contribution in [0.25, 0.3) is 0 Å². The molecular formula is C19H26N2O3. The van der Waals surface area contributed by atoms with Crippen LogP contribution in [0, 0.1) is 0 Å². The highest BCUT2D eigenvalue weighted by atomic mass is 16.5. The Kier molecular flexibility index (Phi) is 4.22. The minimum Gasteiger partial charge on any atom is -0.390 e. The molecule has 0 saturated carbocycles. The van der Waals surface area contributed by atoms with Crippen molar-refractivity contribution in [3.05, 3.63) is 35.4 Å². The average molecular weight is 330 g/mol. The summed E-state index contributed by atoms with van der Waals surface area (Å²) in [5, 5.41) is 13.5. The third-order valence-electron chi connectivity index (χ3n) is 5.89. The van der Waals surface area contributed by atoms with E-state index in [1.807, 2.05) is 4.90 Å². The van der Waals surface area contributed by atoms with Gasteiger partial charge in [0.2, 0.25) is 0 Å². The van der Waals surface area contributed by atoms with Gasteiger partial charge in [0, 0.05) is 25.7 Å². The molecule has 24 heavy (non-hydrogen) atoms. The summed E-state index contributed by atoms with van der Waals surface area (Å²) in [7, 11) is 0. The maximum Gasteiger partial charge on any atom is 0.317 e. The van der Waals surface area contributed by atoms with Crippen molar-refractivity contribution in [1.82, 2.24) is 10.2 Å². The highest BCUT2D eigenvalue weighted by Crippen LogP contribution is 2.35. The third kappa shape index (κ3) is 2.91. The van der Waals surface area contributed by atoms with Crippen molar-refractivity contribution < 1.29 is 14.6 Å². The second-order valence-electron chi connectivity index (χ2n) is 7.38. The summed E-state index contributed by atoms with van der Waals surface area (Å²) >= 11 is 0. The Bertz CT molecular complexity index is 585. The van der Waals surface area contributed by atoms with E-state index in [2.05, 4.69) is 29.6 Å². The SMILES string of the molecule is O=C(NC1Cc2ccccc2C1)N1CCC2(CC1)OCCC[C@H]2O. The molecule has 2 aliphatic heterocycles. The van der Waals surface area contributed by atoms with E-state index in [4.69, 9.17) is 4.74 Å². The first-order chi connectivity index (χ1) is 11.7. The number of aliphatic hydroxyl groups excluding tert-OH is 1. The Morgan fingerprint density at radius 1 is 1.21 bits per heavy atom. The number of carbonyl (C=O) groups excluding carboxylic acids is 1. The van der Waals surface area contributed by atoms with E-state index >= 15 is 0 Å². The Hall–Kier alpha value is -1.59. The molecule has 3 aliphatic rings. The quantitative estimate of drug-likeness (QED) is 0.826. The Balaban J connectivity index is 1.31. The Labute approximate surface area is 143 Å². The van der Waals surface area contributed by atoms with Crippen LogP contribution in [0.5, 0.6) is 0 Å². The summed E-state index contributed by atoms with van der Waals surface area (Å²) in [6.45, 7) is 2.04. The molecule has 1 aromatic carbocycles. The zero-order valence-electron chi connectivity index (χ0n) is 14.0. The Morgan fingerprint density at radius 3 is 2.50 bits per heavy atom. The van der Waals surface area contributed by atoms with Gasteiger partial charge in [-0.05, 0) is 49.7 Å². The van der Waals surface area contributed by atoms with Gasteiger partial charge in [-0.25, -0.2) is 4.79 Å². The number of likely N-dealkylation sites (tertiary alicyclic amines) is 1. The van der Waals surface area contributed by atoms with Crippen LogP contribution in [0.4, 0.5) is 4.79 Å². The van der Waals surface area contributed by atoms with Gasteiger partial charge in [0.25, 0.3) is 0 Å². The van der Waals surface area contributed by atoms with Crippen LogP contribution in [-0.2, 0) is 17.6 Å². The zero-order chi connectivity index (χ0) is 16.6. The van der Waals surface area contributed by atoms with E-state index in [-0.39, 0.29) is 18.2 Å². The van der Waals surface area contributed by atoms with Gasteiger partial charge in [-0.1, -0.05) is 24.3 Å². The van der Waals surface area contributed by atoms with E-state index in [0.29, 0.717) is 13.1 Å². The minimum atomic E-state index is -0.418. The normalized spacial score (nSPS) is 26.4. The molecule has 5 heteroatoms. The van der Waals surface area contributed by atoms with Crippen LogP contribution < -0.4 is 5.32 Å². The van der Waals surface area contributed by atoms with Crippen molar-refractivity contribution >= 4 is 6.03 Å². The summed E-state index contributed by atoms with van der Waals surface area (Å²) in [4.78, 5) is 14.4. The first-order valence-corrected chi connectivity index (χ1v) is 9.10. The standard InChI is InChI=1S/C19H26N2O3/c22-17-6-3-11-24-19(17)7-9-21(10-8-19)18(23)20-16-12-14-4-1-2-5-15(14)13-16/h1-2,4-5,16-17,22H,3,6-13H2,(H,20,23)/t17-/m1/s1. The van der Waals surface area contributed by atoms with Gasteiger partial charge in [0.05, 0.1) is 11.7 Å². The maximum absolute atomic E-state index is 12.6. The molecule has 0 bridgehead atoms. The second-order valence-corrected chi connectivity index (χ2v) is 7.38. The number of hydrogen-bond acceptors (Lipinski definition) is 3. The van der Waals surface area contributed by atoms with Gasteiger partial charge in [-0.3, -0.25) is 0 Å². The number of urea groups is 1. The predicted molar refractivity (Wildman–Crippen MR) is 90.9 cm³/mol. The number of nitrogens with one attached hydrogen (secondary N) is 1. The van der Waals surface area contributed by atoms with Crippen molar-refractivity contribution in [2.75, 3.05) is 19.7 Å². The number of nitrogens with zero attached hydrogens (tertiary/aromatic N) is 1. The van der Waals surface area contributed by atoms with Crippen molar-refractivity contribution in [3.63, 3.8) is 0 Å². The first kappa shape index (κ1) is 15.9. The fourth-order valence-electron chi connectivity index (χ4n) is 4.40. The van der Waals surface area contributed by atoms with Crippen LogP contribution in [0.1, 0.15) is 36.8 Å². The molecule has 2 N–H and O–H groups in total. The number of benzene rings is 1. The smallest absolute Gasteiger partial charge is 0.317 e. The van der Waals surface area contributed by atoms with Gasteiger partial charge in [0.1, 0.15) is 0 Å². The maximum atomic E-state index is 12.6. The molecule has 2 fully saturated rings. The molecule has 130 valence electrons. The van der Waals surface area contributed by atoms with Crippen molar-refractivity contribution in [3.8, 4) is 0 Å². The number of carbonyl (C=O) groups is 1. The monoisotopic (exact) mass is 330 g/mol. The van der Waals surface area contributed by atoms with Crippen molar-refractivity contribution in [1.29, 1.82) is 0 Å². The van der Waals surface area contributed by atoms with Gasteiger partial charge in [-0.15, -0.1) is 0 Å². The molecule has 1 aromatic rings. The number of fused-ring (bicyclic) bond motifs is 1. The summed E-state index contributed by atoms with van der Waals surface area (Å²) in [6, 6.07) is 8.63. The third-order valence-corrected chi connectivity index (χ3v) is 5.89. The number of rotatable bonds is 1. The average Bonchev–Trinajstić information content (AvgIpc) is 3.00. The zero-order valence-corrected chi connectivity index (χ0v) is 14.0. The summed E-state index contributed by atoms with van der Waals surface area (Å²) in [5.74, 6) is 0. The number of aliphatic hydroxyl groups is 1. The van der Waals surface area contributed by atoms with E-state index in [9.17, 15) is 9.90 Å². The molecule has 0 radical (unpaired) electrons. The van der Waals surface area contributed by atoms with E-state index in [0.717, 1.165) is 45.1 Å². The molecule has 5 nitrogen and oxygen atoms in total. The number of piperidine rings is 1. The van der Waals surface area contributed by atoms with E-state index < -0.39 is 5.60 Å². The number of amides is 2. The second kappa shape index (κ2) is 6.37. The molecule has 0 unspecified atom stereocenters. The van der Waals surface area contributed by atoms with Crippen LogP contribution in [0.15, 0.2) is 24.3 Å². The van der Waals surface area contributed by atoms with Crippen LogP contribution in [0.3, 0.4) is 0 Å². The lowest BCUT2D eigenvalue weighted by molar-refractivity contribution is -0.173. The molecule has 2 saturated heterocycles. The molecule has 2 amide bonds. The lowest BCUT2D eigenvalue weighted by atomic mass is 9.82. The molecule has 4 rings (SSSR count). The van der Waals surface area contributed by atoms with E-state index in [1.54, 1.807) is 0 Å². The highest BCUT2D eigenvalue weighted by Gasteiger charge is 2.44. The molecule has 0 aromatic heterocycles. The summed E-state index contributed by atoms with van der Waals surface area (Å²) in [6.07, 6.45) is 4.64. The lowest BCUT2D eigenvalue weighted by Crippen LogP contribution is -2.58. The van der Waals surface area contributed by atoms with Gasteiger partial charge < -0.3 is 20.1 Å². The van der Waals surface area contributed by atoms with Gasteiger partial charge >= 0.3 is 6.03 Å². The van der Waals surface area contributed by atoms with Crippen LogP contribution >= 0.6 is 0 Å². The topological polar surface area (TPSA) is 61.8 Å². The van der Waals surface area contributed by atoms with Crippen LogP contribution in [0.2, 0.25) is 0 Å². The number of ether oxygens (including phenoxy) is 1. The first-order valence-electron chi connectivity index (χ1n) is 9.10. The minimum absolute atomic E-state index is 0.0213. The fourth-order valence-corrected chi connectivity index (χ4v) is 4.40. The van der Waals surface area contributed by atoms with Gasteiger partial charge in [-0.2, -0.15) is 0 Å². The van der Waals surface area contributed by atoms with Crippen LogP contribution in [-0.4, -0.2) is 53.5 Å². The van der Waals surface area contributed by atoms with Crippen molar-refractivity contribution in [2.45, 2.75) is 56.3 Å². The largest absolute Gasteiger partial charge is 0.390 e. The summed E-state index contributed by atoms with van der Waals surface area (Å²) < 4.78 is 5.91. The number of hydrogen-bond donors (Lipinski definition) is 2. The molecule has 1 atom stereocenters. The summed E-state index contributed by atoms with van der Waals surface area (Å²) in [5.41, 5.74) is 2.27. The molecule has 1 aliphatic carbocycles. The van der Waals surface area contributed by atoms with E-state index in [1.165, 1.54) is 11.1 Å². The molecule has 2 heterocycles. The lowest BCUT2D eigenvalue weighted by Gasteiger charge is -2.46. The van der Waals surface area contributed by atoms with Gasteiger partial charge in [0.15, 0.2) is 0 Å².